The summed E-state index contributed by atoms with van der Waals surface area (Å²) < 4.78 is 22.5. The van der Waals surface area contributed by atoms with Crippen molar-refractivity contribution in [3.63, 3.8) is 0 Å². The largest absolute Gasteiger partial charge is 0.492 e. The van der Waals surface area contributed by atoms with Crippen LogP contribution in [-0.4, -0.2) is 18.0 Å². The molecule has 4 rings (SSSR count). The molecule has 6 heteroatoms. The number of hydrogen-bond acceptors (Lipinski definition) is 6. The highest BCUT2D eigenvalue weighted by Gasteiger charge is 2.36. The van der Waals surface area contributed by atoms with Gasteiger partial charge in [0.2, 0.25) is 5.78 Å². The maximum Gasteiger partial charge on any atom is 0.336 e. The zero-order chi connectivity index (χ0) is 19.2. The number of rotatable bonds is 5. The minimum Gasteiger partial charge on any atom is -0.492 e. The molecule has 0 spiro atoms. The molecule has 1 aliphatic heterocycles. The fraction of sp³-hybridized carbons (Fsp3) is 0.333. The number of ketones is 1. The van der Waals surface area contributed by atoms with Gasteiger partial charge in [-0.1, -0.05) is 6.92 Å². The summed E-state index contributed by atoms with van der Waals surface area (Å²) >= 11 is 0. The Morgan fingerprint density at radius 2 is 1.89 bits per heavy atom. The summed E-state index contributed by atoms with van der Waals surface area (Å²) in [5.74, 6) is 1.33. The van der Waals surface area contributed by atoms with Crippen LogP contribution in [-0.2, 0) is 9.53 Å². The molecular weight excluding hydrogens is 348 g/mol. The van der Waals surface area contributed by atoms with Crippen molar-refractivity contribution in [2.24, 2.45) is 5.92 Å². The summed E-state index contributed by atoms with van der Waals surface area (Å²) in [5, 5.41) is 1.53. The highest BCUT2D eigenvalue weighted by atomic mass is 16.5. The van der Waals surface area contributed by atoms with E-state index in [4.69, 9.17) is 18.3 Å². The SMILES string of the molecule is C[C@@H](CCOc1c2ccoc2cc2oc(=O)ccc12)C1=CC(=O)C(C)(C)O1. The van der Waals surface area contributed by atoms with Crippen molar-refractivity contribution >= 4 is 27.7 Å². The standard InChI is InChI=1S/C21H20O6/c1-12(15-11-18(22)21(2,3)27-15)6-8-25-20-13-4-5-19(23)26-17(13)10-16-14(20)7-9-24-16/h4-5,7,9-12H,6,8H2,1-3H3/t12-/m0/s1. The molecule has 3 aromatic rings. The minimum atomic E-state index is -0.791. The number of furan rings is 1. The van der Waals surface area contributed by atoms with E-state index < -0.39 is 11.2 Å². The van der Waals surface area contributed by atoms with Crippen LogP contribution in [0.1, 0.15) is 27.2 Å². The first-order valence-corrected chi connectivity index (χ1v) is 8.87. The zero-order valence-electron chi connectivity index (χ0n) is 15.4. The quantitative estimate of drug-likeness (QED) is 0.628. The number of hydrogen-bond donors (Lipinski definition) is 0. The molecule has 140 valence electrons. The Labute approximate surface area is 155 Å². The lowest BCUT2D eigenvalue weighted by molar-refractivity contribution is -0.127. The molecule has 0 fully saturated rings. The third-order valence-corrected chi connectivity index (χ3v) is 4.83. The van der Waals surface area contributed by atoms with Crippen molar-refractivity contribution < 1.29 is 23.1 Å². The highest BCUT2D eigenvalue weighted by molar-refractivity contribution is 6.01. The lowest BCUT2D eigenvalue weighted by Crippen LogP contribution is -2.28. The molecule has 1 atom stereocenters. The number of allylic oxidation sites excluding steroid dienone is 1. The van der Waals surface area contributed by atoms with Gasteiger partial charge in [-0.05, 0) is 32.4 Å². The molecule has 0 saturated carbocycles. The van der Waals surface area contributed by atoms with E-state index in [-0.39, 0.29) is 11.7 Å². The molecule has 2 aromatic heterocycles. The van der Waals surface area contributed by atoms with Crippen LogP contribution < -0.4 is 10.4 Å². The second-order valence-corrected chi connectivity index (χ2v) is 7.27. The Balaban J connectivity index is 1.55. The molecule has 0 radical (unpaired) electrons. The fourth-order valence-electron chi connectivity index (χ4n) is 3.17. The van der Waals surface area contributed by atoms with Gasteiger partial charge in [0, 0.05) is 24.1 Å². The highest BCUT2D eigenvalue weighted by Crippen LogP contribution is 2.36. The third-order valence-electron chi connectivity index (χ3n) is 4.83. The second-order valence-electron chi connectivity index (χ2n) is 7.27. The van der Waals surface area contributed by atoms with Crippen LogP contribution in [0.15, 0.2) is 56.0 Å². The molecular formula is C21H20O6. The van der Waals surface area contributed by atoms with E-state index >= 15 is 0 Å². The van der Waals surface area contributed by atoms with Crippen LogP contribution >= 0.6 is 0 Å². The number of fused-ring (bicyclic) bond motifs is 2. The van der Waals surface area contributed by atoms with Gasteiger partial charge >= 0.3 is 5.63 Å². The van der Waals surface area contributed by atoms with E-state index in [0.29, 0.717) is 41.1 Å². The Morgan fingerprint density at radius 3 is 2.63 bits per heavy atom. The van der Waals surface area contributed by atoms with Crippen molar-refractivity contribution in [3.05, 3.63) is 52.8 Å². The number of carbonyl (C=O) groups excluding carboxylic acids is 1. The number of benzene rings is 1. The van der Waals surface area contributed by atoms with Crippen LogP contribution in [0.5, 0.6) is 5.75 Å². The molecule has 1 aliphatic rings. The van der Waals surface area contributed by atoms with Gasteiger partial charge < -0.3 is 18.3 Å². The lowest BCUT2D eigenvalue weighted by Gasteiger charge is -2.21. The van der Waals surface area contributed by atoms with Gasteiger partial charge in [0.05, 0.1) is 23.6 Å². The van der Waals surface area contributed by atoms with Gasteiger partial charge in [-0.25, -0.2) is 4.79 Å². The molecule has 0 saturated heterocycles. The van der Waals surface area contributed by atoms with Gasteiger partial charge in [-0.3, -0.25) is 4.79 Å². The summed E-state index contributed by atoms with van der Waals surface area (Å²) in [4.78, 5) is 23.4. The molecule has 0 unspecified atom stereocenters. The molecule has 27 heavy (non-hydrogen) atoms. The first-order chi connectivity index (χ1) is 12.8. The zero-order valence-corrected chi connectivity index (χ0v) is 15.4. The van der Waals surface area contributed by atoms with E-state index in [9.17, 15) is 9.59 Å². The van der Waals surface area contributed by atoms with Gasteiger partial charge in [0.1, 0.15) is 22.7 Å². The summed E-state index contributed by atoms with van der Waals surface area (Å²) in [6, 6.07) is 6.57. The smallest absolute Gasteiger partial charge is 0.336 e. The van der Waals surface area contributed by atoms with E-state index in [1.165, 1.54) is 6.07 Å². The van der Waals surface area contributed by atoms with E-state index in [0.717, 1.165) is 5.39 Å². The molecule has 0 amide bonds. The van der Waals surface area contributed by atoms with Crippen LogP contribution in [0.2, 0.25) is 0 Å². The summed E-state index contributed by atoms with van der Waals surface area (Å²) in [7, 11) is 0. The average Bonchev–Trinajstić information content (AvgIpc) is 3.18. The Kier molecular flexibility index (Phi) is 4.06. The molecule has 1 aromatic carbocycles. The van der Waals surface area contributed by atoms with Crippen molar-refractivity contribution in [3.8, 4) is 5.75 Å². The molecule has 0 aliphatic carbocycles. The van der Waals surface area contributed by atoms with Gasteiger partial charge in [0.25, 0.3) is 0 Å². The van der Waals surface area contributed by atoms with Crippen LogP contribution in [0, 0.1) is 5.92 Å². The average molecular weight is 368 g/mol. The first-order valence-electron chi connectivity index (χ1n) is 8.87. The molecule has 0 N–H and O–H groups in total. The van der Waals surface area contributed by atoms with Crippen LogP contribution in [0.4, 0.5) is 0 Å². The minimum absolute atomic E-state index is 0.0190. The van der Waals surface area contributed by atoms with Crippen LogP contribution in [0.25, 0.3) is 21.9 Å². The molecule has 0 bridgehead atoms. The molecule has 3 heterocycles. The van der Waals surface area contributed by atoms with Gasteiger partial charge in [-0.2, -0.15) is 0 Å². The van der Waals surface area contributed by atoms with Crippen molar-refractivity contribution in [2.45, 2.75) is 32.8 Å². The number of carbonyl (C=O) groups is 1. The maximum absolute atomic E-state index is 11.9. The monoisotopic (exact) mass is 368 g/mol. The lowest BCUT2D eigenvalue weighted by atomic mass is 10.0. The third kappa shape index (κ3) is 3.12. The van der Waals surface area contributed by atoms with Gasteiger partial charge in [0.15, 0.2) is 5.60 Å². The summed E-state index contributed by atoms with van der Waals surface area (Å²) in [6.07, 6.45) is 3.81. The Bertz CT molecular complexity index is 1110. The first kappa shape index (κ1) is 17.4. The van der Waals surface area contributed by atoms with Crippen molar-refractivity contribution in [1.29, 1.82) is 0 Å². The van der Waals surface area contributed by atoms with E-state index in [2.05, 4.69) is 0 Å². The summed E-state index contributed by atoms with van der Waals surface area (Å²) in [5.41, 5.74) is -0.206. The fourth-order valence-corrected chi connectivity index (χ4v) is 3.17. The molecule has 6 nitrogen and oxygen atoms in total. The Hall–Kier alpha value is -3.02. The summed E-state index contributed by atoms with van der Waals surface area (Å²) in [6.45, 7) is 5.94. The van der Waals surface area contributed by atoms with E-state index in [1.807, 2.05) is 13.0 Å². The maximum atomic E-state index is 11.9. The number of ether oxygens (including phenoxy) is 2. The Morgan fingerprint density at radius 1 is 1.11 bits per heavy atom. The van der Waals surface area contributed by atoms with Gasteiger partial charge in [-0.15, -0.1) is 0 Å². The van der Waals surface area contributed by atoms with Crippen LogP contribution in [0.3, 0.4) is 0 Å². The second kappa shape index (κ2) is 6.30. The predicted octanol–water partition coefficient (Wildman–Crippen LogP) is 4.21. The topological polar surface area (TPSA) is 78.9 Å². The normalized spacial score (nSPS) is 17.1. The van der Waals surface area contributed by atoms with Crippen molar-refractivity contribution in [1.82, 2.24) is 0 Å². The van der Waals surface area contributed by atoms with E-state index in [1.54, 1.807) is 38.3 Å². The van der Waals surface area contributed by atoms with Crippen molar-refractivity contribution in [2.75, 3.05) is 6.61 Å². The predicted molar refractivity (Wildman–Crippen MR) is 99.8 cm³/mol.